The molecule has 0 spiro atoms. The number of halogens is 1. The highest BCUT2D eigenvalue weighted by atomic mass is 35.5. The van der Waals surface area contributed by atoms with Gasteiger partial charge in [0.15, 0.2) is 0 Å². The number of aryl methyl sites for hydroxylation is 2. The lowest BCUT2D eigenvalue weighted by Gasteiger charge is -2.20. The van der Waals surface area contributed by atoms with Crippen molar-refractivity contribution in [2.24, 2.45) is 0 Å². The van der Waals surface area contributed by atoms with E-state index in [0.29, 0.717) is 16.3 Å². The zero-order valence-corrected chi connectivity index (χ0v) is 17.5. The highest BCUT2D eigenvalue weighted by Crippen LogP contribution is 2.43. The lowest BCUT2D eigenvalue weighted by atomic mass is 9.90. The van der Waals surface area contributed by atoms with Gasteiger partial charge >= 0.3 is 5.97 Å². The van der Waals surface area contributed by atoms with E-state index in [4.69, 9.17) is 21.1 Å². The third-order valence-electron chi connectivity index (χ3n) is 5.15. The predicted octanol–water partition coefficient (Wildman–Crippen LogP) is 6.47. The average molecular weight is 395 g/mol. The maximum atomic E-state index is 12.7. The molecule has 0 aliphatic carbocycles. The Bertz CT molecular complexity index is 1040. The summed E-state index contributed by atoms with van der Waals surface area (Å²) in [4.78, 5) is 12.7. The van der Waals surface area contributed by atoms with Crippen molar-refractivity contribution in [1.29, 1.82) is 0 Å². The minimum absolute atomic E-state index is 0.426. The summed E-state index contributed by atoms with van der Waals surface area (Å²) in [6.45, 7) is 8.19. The number of carbonyl (C=O) groups is 1. The molecule has 0 aliphatic heterocycles. The third-order valence-corrected chi connectivity index (χ3v) is 5.40. The molecule has 0 heterocycles. The van der Waals surface area contributed by atoms with Gasteiger partial charge in [-0.05, 0) is 86.3 Å². The Balaban J connectivity index is 2.16. The second kappa shape index (κ2) is 8.07. The molecule has 0 bridgehead atoms. The van der Waals surface area contributed by atoms with Crippen molar-refractivity contribution >= 4 is 17.6 Å². The number of ether oxygens (including phenoxy) is 2. The highest BCUT2D eigenvalue weighted by Gasteiger charge is 2.21. The number of methoxy groups -OCH3 is 1. The van der Waals surface area contributed by atoms with E-state index in [1.165, 1.54) is 0 Å². The van der Waals surface area contributed by atoms with Crippen molar-refractivity contribution in [2.75, 3.05) is 7.11 Å². The SMILES string of the molecule is COc1ccc(C)c(C)c1-c1c(OC(=O)c2ccc(Cl)cc2)ccc(C)c1C. The quantitative estimate of drug-likeness (QED) is 0.376. The number of carbonyl (C=O) groups excluding carboxylic acids is 1. The molecule has 0 radical (unpaired) electrons. The molecule has 0 N–H and O–H groups in total. The molecule has 4 heteroatoms. The van der Waals surface area contributed by atoms with Crippen LogP contribution < -0.4 is 9.47 Å². The summed E-state index contributed by atoms with van der Waals surface area (Å²) < 4.78 is 11.5. The van der Waals surface area contributed by atoms with Crippen LogP contribution in [0.25, 0.3) is 11.1 Å². The standard InChI is InChI=1S/C24H23ClO3/c1-14-6-12-20(27-5)22(16(14)3)23-17(4)15(2)7-13-21(23)28-24(26)18-8-10-19(25)11-9-18/h6-13H,1-5H3. The minimum Gasteiger partial charge on any atom is -0.496 e. The van der Waals surface area contributed by atoms with Gasteiger partial charge in [0.2, 0.25) is 0 Å². The first kappa shape index (κ1) is 20.0. The van der Waals surface area contributed by atoms with Gasteiger partial charge in [0.1, 0.15) is 11.5 Å². The van der Waals surface area contributed by atoms with Crippen LogP contribution in [0.15, 0.2) is 48.5 Å². The summed E-state index contributed by atoms with van der Waals surface area (Å²) in [5.74, 6) is 0.834. The first-order valence-electron chi connectivity index (χ1n) is 9.06. The fourth-order valence-corrected chi connectivity index (χ4v) is 3.33. The molecule has 3 rings (SSSR count). The zero-order chi connectivity index (χ0) is 20.4. The predicted molar refractivity (Wildman–Crippen MR) is 114 cm³/mol. The van der Waals surface area contributed by atoms with Crippen LogP contribution >= 0.6 is 11.6 Å². The summed E-state index contributed by atoms with van der Waals surface area (Å²) in [5.41, 5.74) is 6.67. The Labute approximate surface area is 170 Å². The third kappa shape index (κ3) is 3.76. The van der Waals surface area contributed by atoms with Crippen LogP contribution in [-0.4, -0.2) is 13.1 Å². The first-order chi connectivity index (χ1) is 13.3. The van der Waals surface area contributed by atoms with Crippen LogP contribution in [0.3, 0.4) is 0 Å². The Morgan fingerprint density at radius 1 is 0.750 bits per heavy atom. The molecule has 0 amide bonds. The van der Waals surface area contributed by atoms with Gasteiger partial charge < -0.3 is 9.47 Å². The van der Waals surface area contributed by atoms with Crippen molar-refractivity contribution in [3.05, 3.63) is 81.4 Å². The van der Waals surface area contributed by atoms with E-state index < -0.39 is 5.97 Å². The van der Waals surface area contributed by atoms with Crippen molar-refractivity contribution in [2.45, 2.75) is 27.7 Å². The van der Waals surface area contributed by atoms with E-state index in [-0.39, 0.29) is 0 Å². The lowest BCUT2D eigenvalue weighted by molar-refractivity contribution is 0.0735. The molecular formula is C24H23ClO3. The average Bonchev–Trinajstić information content (AvgIpc) is 2.68. The van der Waals surface area contributed by atoms with Crippen molar-refractivity contribution in [3.63, 3.8) is 0 Å². The number of rotatable bonds is 4. The fraction of sp³-hybridized carbons (Fsp3) is 0.208. The van der Waals surface area contributed by atoms with Gasteiger partial charge in [-0.1, -0.05) is 23.7 Å². The second-order valence-corrected chi connectivity index (χ2v) is 7.30. The van der Waals surface area contributed by atoms with Gasteiger partial charge in [-0.2, -0.15) is 0 Å². The Morgan fingerprint density at radius 3 is 1.79 bits per heavy atom. The number of hydrogen-bond donors (Lipinski definition) is 0. The van der Waals surface area contributed by atoms with Crippen LogP contribution in [0.4, 0.5) is 0 Å². The molecule has 0 saturated carbocycles. The smallest absolute Gasteiger partial charge is 0.343 e. The van der Waals surface area contributed by atoms with Crippen molar-refractivity contribution in [3.8, 4) is 22.6 Å². The molecular weight excluding hydrogens is 372 g/mol. The van der Waals surface area contributed by atoms with E-state index >= 15 is 0 Å². The van der Waals surface area contributed by atoms with Crippen LogP contribution in [0, 0.1) is 27.7 Å². The van der Waals surface area contributed by atoms with Gasteiger partial charge in [0.05, 0.1) is 12.7 Å². The van der Waals surface area contributed by atoms with Gasteiger partial charge in [-0.25, -0.2) is 4.79 Å². The monoisotopic (exact) mass is 394 g/mol. The summed E-state index contributed by atoms with van der Waals surface area (Å²) in [5, 5.41) is 0.573. The summed E-state index contributed by atoms with van der Waals surface area (Å²) >= 11 is 5.92. The summed E-state index contributed by atoms with van der Waals surface area (Å²) in [6, 6.07) is 14.4. The number of hydrogen-bond acceptors (Lipinski definition) is 3. The maximum absolute atomic E-state index is 12.7. The minimum atomic E-state index is -0.426. The normalized spacial score (nSPS) is 10.6. The van der Waals surface area contributed by atoms with E-state index in [1.54, 1.807) is 31.4 Å². The largest absolute Gasteiger partial charge is 0.496 e. The lowest BCUT2D eigenvalue weighted by Crippen LogP contribution is -2.10. The topological polar surface area (TPSA) is 35.5 Å². The molecule has 3 aromatic carbocycles. The van der Waals surface area contributed by atoms with E-state index in [0.717, 1.165) is 39.1 Å². The molecule has 144 valence electrons. The van der Waals surface area contributed by atoms with Crippen LogP contribution in [0.1, 0.15) is 32.6 Å². The maximum Gasteiger partial charge on any atom is 0.343 e. The molecule has 0 fully saturated rings. The zero-order valence-electron chi connectivity index (χ0n) is 16.7. The van der Waals surface area contributed by atoms with Gasteiger partial charge in [-0.3, -0.25) is 0 Å². The second-order valence-electron chi connectivity index (χ2n) is 6.86. The number of benzene rings is 3. The van der Waals surface area contributed by atoms with Gasteiger partial charge in [0, 0.05) is 16.1 Å². The van der Waals surface area contributed by atoms with Crippen LogP contribution in [0.5, 0.6) is 11.5 Å². The highest BCUT2D eigenvalue weighted by molar-refractivity contribution is 6.30. The molecule has 0 aromatic heterocycles. The van der Waals surface area contributed by atoms with Gasteiger partial charge in [-0.15, -0.1) is 0 Å². The molecule has 0 atom stereocenters. The van der Waals surface area contributed by atoms with Gasteiger partial charge in [0.25, 0.3) is 0 Å². The molecule has 3 aromatic rings. The van der Waals surface area contributed by atoms with Crippen molar-refractivity contribution in [1.82, 2.24) is 0 Å². The Morgan fingerprint density at radius 2 is 1.25 bits per heavy atom. The molecule has 0 unspecified atom stereocenters. The van der Waals surface area contributed by atoms with Crippen LogP contribution in [-0.2, 0) is 0 Å². The fourth-order valence-electron chi connectivity index (χ4n) is 3.20. The van der Waals surface area contributed by atoms with E-state index in [1.807, 2.05) is 38.1 Å². The molecule has 0 aliphatic rings. The number of esters is 1. The first-order valence-corrected chi connectivity index (χ1v) is 9.43. The molecule has 28 heavy (non-hydrogen) atoms. The summed E-state index contributed by atoms with van der Waals surface area (Å²) in [7, 11) is 1.65. The van der Waals surface area contributed by atoms with E-state index in [9.17, 15) is 4.79 Å². The molecule has 3 nitrogen and oxygen atoms in total. The van der Waals surface area contributed by atoms with Crippen LogP contribution in [0.2, 0.25) is 5.02 Å². The molecule has 0 saturated heterocycles. The summed E-state index contributed by atoms with van der Waals surface area (Å²) in [6.07, 6.45) is 0. The Hall–Kier alpha value is -2.78. The van der Waals surface area contributed by atoms with Crippen molar-refractivity contribution < 1.29 is 14.3 Å². The van der Waals surface area contributed by atoms with E-state index in [2.05, 4.69) is 13.8 Å². The Kier molecular flexibility index (Phi) is 5.76.